The molecule has 1 aromatic heterocycles. The molecule has 2 aromatic rings. The number of aromatic nitrogens is 4. The van der Waals surface area contributed by atoms with Gasteiger partial charge in [0.2, 0.25) is 0 Å². The molecule has 0 radical (unpaired) electrons. The zero-order chi connectivity index (χ0) is 13.0. The maximum Gasteiger partial charge on any atom is 0.297 e. The summed E-state index contributed by atoms with van der Waals surface area (Å²) in [6.45, 7) is 0.811. The Hall–Kier alpha value is -2.28. The Morgan fingerprint density at radius 2 is 2.28 bits per heavy atom. The molecule has 1 aromatic carbocycles. The first-order valence-electron chi connectivity index (χ1n) is 5.43. The first-order valence-corrected chi connectivity index (χ1v) is 5.43. The average molecular weight is 246 g/mol. The fraction of sp³-hybridized carbons (Fsp3) is 0.273. The van der Waals surface area contributed by atoms with E-state index < -0.39 is 0 Å². The summed E-state index contributed by atoms with van der Waals surface area (Å²) in [4.78, 5) is 13.8. The van der Waals surface area contributed by atoms with Crippen molar-refractivity contribution in [3.8, 4) is 0 Å². The molecular weight excluding hydrogens is 232 g/mol. The minimum Gasteiger partial charge on any atom is -0.319 e. The Morgan fingerprint density at radius 3 is 2.94 bits per heavy atom. The molecule has 1 heterocycles. The van der Waals surface area contributed by atoms with Gasteiger partial charge in [0.15, 0.2) is 0 Å². The van der Waals surface area contributed by atoms with E-state index in [0.29, 0.717) is 5.69 Å². The summed E-state index contributed by atoms with van der Waals surface area (Å²) in [5, 5.41) is 15.5. The predicted molar refractivity (Wildman–Crippen MR) is 66.0 cm³/mol. The van der Waals surface area contributed by atoms with Crippen LogP contribution in [0.2, 0.25) is 0 Å². The number of aromatic amines is 1. The zero-order valence-electron chi connectivity index (χ0n) is 10.2. The summed E-state index contributed by atoms with van der Waals surface area (Å²) in [6.07, 6.45) is 0. The highest BCUT2D eigenvalue weighted by Crippen LogP contribution is 2.12. The van der Waals surface area contributed by atoms with Gasteiger partial charge in [0.25, 0.3) is 11.7 Å². The molecule has 7 heteroatoms. The fourth-order valence-electron chi connectivity index (χ4n) is 1.56. The van der Waals surface area contributed by atoms with Gasteiger partial charge in [-0.25, -0.2) is 0 Å². The van der Waals surface area contributed by atoms with Gasteiger partial charge in [-0.2, -0.15) is 5.21 Å². The fourth-order valence-corrected chi connectivity index (χ4v) is 1.56. The average Bonchev–Trinajstić information content (AvgIpc) is 2.81. The molecule has 18 heavy (non-hydrogen) atoms. The number of nitrogens with one attached hydrogen (secondary N) is 2. The SMILES string of the molecule is CN(C)Cc1cccc(NC(=O)c2nn[nH]n2)c1. The summed E-state index contributed by atoms with van der Waals surface area (Å²) in [7, 11) is 3.98. The molecule has 0 unspecified atom stereocenters. The lowest BCUT2D eigenvalue weighted by Gasteiger charge is -2.10. The summed E-state index contributed by atoms with van der Waals surface area (Å²) >= 11 is 0. The van der Waals surface area contributed by atoms with E-state index in [1.807, 2.05) is 38.4 Å². The lowest BCUT2D eigenvalue weighted by atomic mass is 10.2. The molecule has 1 amide bonds. The van der Waals surface area contributed by atoms with Gasteiger partial charge in [0.1, 0.15) is 0 Å². The molecule has 0 atom stereocenters. The van der Waals surface area contributed by atoms with E-state index in [4.69, 9.17) is 0 Å². The van der Waals surface area contributed by atoms with Crippen LogP contribution in [0.1, 0.15) is 16.2 Å². The molecule has 2 rings (SSSR count). The van der Waals surface area contributed by atoms with Crippen molar-refractivity contribution in [2.75, 3.05) is 19.4 Å². The van der Waals surface area contributed by atoms with Crippen LogP contribution in [-0.4, -0.2) is 45.5 Å². The molecule has 0 aliphatic carbocycles. The highest BCUT2D eigenvalue weighted by molar-refractivity contribution is 6.01. The molecule has 7 nitrogen and oxygen atoms in total. The van der Waals surface area contributed by atoms with Crippen molar-refractivity contribution in [3.05, 3.63) is 35.7 Å². The lowest BCUT2D eigenvalue weighted by molar-refractivity contribution is 0.101. The predicted octanol–water partition coefficient (Wildman–Crippen LogP) is 0.514. The number of anilines is 1. The second-order valence-corrected chi connectivity index (χ2v) is 4.13. The zero-order valence-corrected chi connectivity index (χ0v) is 10.2. The van der Waals surface area contributed by atoms with Crippen LogP contribution in [0.5, 0.6) is 0 Å². The monoisotopic (exact) mass is 246 g/mol. The number of nitrogens with zero attached hydrogens (tertiary/aromatic N) is 4. The second-order valence-electron chi connectivity index (χ2n) is 4.13. The summed E-state index contributed by atoms with van der Waals surface area (Å²) in [6, 6.07) is 7.63. The summed E-state index contributed by atoms with van der Waals surface area (Å²) < 4.78 is 0. The Balaban J connectivity index is 2.07. The van der Waals surface area contributed by atoms with E-state index in [1.165, 1.54) is 0 Å². The van der Waals surface area contributed by atoms with Gasteiger partial charge in [-0.1, -0.05) is 12.1 Å². The van der Waals surface area contributed by atoms with Crippen molar-refractivity contribution >= 4 is 11.6 Å². The van der Waals surface area contributed by atoms with Crippen LogP contribution in [0, 0.1) is 0 Å². The van der Waals surface area contributed by atoms with E-state index in [1.54, 1.807) is 0 Å². The Kier molecular flexibility index (Phi) is 3.63. The van der Waals surface area contributed by atoms with Crippen molar-refractivity contribution in [1.29, 1.82) is 0 Å². The number of carbonyl (C=O) groups is 1. The van der Waals surface area contributed by atoms with Crippen molar-refractivity contribution in [2.24, 2.45) is 0 Å². The Labute approximate surface area is 104 Å². The molecule has 0 saturated heterocycles. The maximum atomic E-state index is 11.7. The van der Waals surface area contributed by atoms with E-state index in [9.17, 15) is 4.79 Å². The van der Waals surface area contributed by atoms with Gasteiger partial charge in [0, 0.05) is 12.2 Å². The van der Waals surface area contributed by atoms with Gasteiger partial charge in [-0.15, -0.1) is 10.2 Å². The van der Waals surface area contributed by atoms with Crippen molar-refractivity contribution < 1.29 is 4.79 Å². The van der Waals surface area contributed by atoms with Crippen molar-refractivity contribution in [2.45, 2.75) is 6.54 Å². The standard InChI is InChI=1S/C11H14N6O/c1-17(2)7-8-4-3-5-9(6-8)12-11(18)10-13-15-16-14-10/h3-6H,7H2,1-2H3,(H,12,18)(H,13,14,15,16). The Morgan fingerprint density at radius 1 is 1.44 bits per heavy atom. The van der Waals surface area contributed by atoms with Gasteiger partial charge in [0.05, 0.1) is 0 Å². The summed E-state index contributed by atoms with van der Waals surface area (Å²) in [5.41, 5.74) is 1.83. The highest BCUT2D eigenvalue weighted by Gasteiger charge is 2.10. The Bertz CT molecular complexity index is 522. The number of carbonyl (C=O) groups excluding carboxylic acids is 1. The lowest BCUT2D eigenvalue weighted by Crippen LogP contribution is -2.15. The summed E-state index contributed by atoms with van der Waals surface area (Å²) in [5.74, 6) is -0.362. The maximum absolute atomic E-state index is 11.7. The first-order chi connectivity index (χ1) is 8.65. The molecule has 0 saturated carbocycles. The van der Waals surface area contributed by atoms with E-state index in [0.717, 1.165) is 12.1 Å². The molecule has 0 aliphatic heterocycles. The number of rotatable bonds is 4. The molecule has 0 aliphatic rings. The van der Waals surface area contributed by atoms with Crippen LogP contribution in [0.3, 0.4) is 0 Å². The third-order valence-electron chi connectivity index (χ3n) is 2.23. The van der Waals surface area contributed by atoms with E-state index in [2.05, 4.69) is 30.8 Å². The van der Waals surface area contributed by atoms with Crippen LogP contribution in [0.15, 0.2) is 24.3 Å². The largest absolute Gasteiger partial charge is 0.319 e. The van der Waals surface area contributed by atoms with Crippen LogP contribution in [0.25, 0.3) is 0 Å². The third kappa shape index (κ3) is 3.11. The number of hydrogen-bond donors (Lipinski definition) is 2. The first kappa shape index (κ1) is 12.2. The van der Waals surface area contributed by atoms with E-state index in [-0.39, 0.29) is 11.7 Å². The van der Waals surface area contributed by atoms with Crippen LogP contribution < -0.4 is 5.32 Å². The molecule has 94 valence electrons. The highest BCUT2D eigenvalue weighted by atomic mass is 16.2. The number of amides is 1. The molecule has 2 N–H and O–H groups in total. The molecule has 0 spiro atoms. The second kappa shape index (κ2) is 5.37. The molecule has 0 fully saturated rings. The van der Waals surface area contributed by atoms with Crippen molar-refractivity contribution in [3.63, 3.8) is 0 Å². The quantitative estimate of drug-likeness (QED) is 0.821. The van der Waals surface area contributed by atoms with Gasteiger partial charge >= 0.3 is 0 Å². The topological polar surface area (TPSA) is 86.8 Å². The number of benzene rings is 1. The normalized spacial score (nSPS) is 10.6. The number of tetrazole rings is 1. The van der Waals surface area contributed by atoms with Gasteiger partial charge in [-0.05, 0) is 37.0 Å². The van der Waals surface area contributed by atoms with E-state index >= 15 is 0 Å². The van der Waals surface area contributed by atoms with Crippen LogP contribution in [-0.2, 0) is 6.54 Å². The van der Waals surface area contributed by atoms with Gasteiger partial charge < -0.3 is 10.2 Å². The molecule has 0 bridgehead atoms. The smallest absolute Gasteiger partial charge is 0.297 e. The van der Waals surface area contributed by atoms with Crippen molar-refractivity contribution in [1.82, 2.24) is 25.5 Å². The third-order valence-corrected chi connectivity index (χ3v) is 2.23. The number of hydrogen-bond acceptors (Lipinski definition) is 5. The van der Waals surface area contributed by atoms with Crippen LogP contribution in [0.4, 0.5) is 5.69 Å². The van der Waals surface area contributed by atoms with Crippen LogP contribution >= 0.6 is 0 Å². The minimum atomic E-state index is -0.384. The molecular formula is C11H14N6O. The minimum absolute atomic E-state index is 0.0213. The van der Waals surface area contributed by atoms with Gasteiger partial charge in [-0.3, -0.25) is 4.79 Å². The number of H-pyrrole nitrogens is 1.